The highest BCUT2D eigenvalue weighted by Gasteiger charge is 2.37. The molecule has 0 fully saturated rings. The molecule has 0 saturated heterocycles. The van der Waals surface area contributed by atoms with Crippen LogP contribution in [0.4, 0.5) is 5.69 Å². The van der Waals surface area contributed by atoms with Gasteiger partial charge in [0.05, 0.1) is 17.1 Å². The number of aromatic nitrogens is 2. The van der Waals surface area contributed by atoms with Crippen LogP contribution in [0.15, 0.2) is 35.4 Å². The molecule has 0 bridgehead atoms. The Hall–Kier alpha value is -2.28. The highest BCUT2D eigenvalue weighted by molar-refractivity contribution is 8.00. The molecule has 0 aliphatic carbocycles. The first-order valence-electron chi connectivity index (χ1n) is 7.39. The quantitative estimate of drug-likeness (QED) is 0.931. The predicted octanol–water partition coefficient (Wildman–Crippen LogP) is 2.35. The van der Waals surface area contributed by atoms with Crippen LogP contribution in [-0.2, 0) is 16.0 Å². The molecule has 2 aromatic rings. The normalized spacial score (nSPS) is 15.4. The van der Waals surface area contributed by atoms with Crippen LogP contribution in [0.1, 0.15) is 19.5 Å². The molecule has 3 rings (SSSR count). The summed E-state index contributed by atoms with van der Waals surface area (Å²) in [6.07, 6.45) is 0.624. The molecule has 0 radical (unpaired) electrons. The van der Waals surface area contributed by atoms with Crippen LogP contribution in [0, 0.1) is 0 Å². The molecule has 1 aliphatic heterocycles. The maximum atomic E-state index is 12.3. The number of hydrogen-bond donors (Lipinski definition) is 1. The van der Waals surface area contributed by atoms with Crippen LogP contribution < -0.4 is 4.90 Å². The van der Waals surface area contributed by atoms with Gasteiger partial charge >= 0.3 is 5.97 Å². The molecule has 0 saturated carbocycles. The average Bonchev–Trinajstić information content (AvgIpc) is 2.93. The number of benzene rings is 1. The minimum Gasteiger partial charge on any atom is -0.480 e. The monoisotopic (exact) mass is 331 g/mol. The maximum absolute atomic E-state index is 12.3. The van der Waals surface area contributed by atoms with Gasteiger partial charge in [-0.1, -0.05) is 36.9 Å². The molecule has 1 aliphatic rings. The Morgan fingerprint density at radius 1 is 1.39 bits per heavy atom. The van der Waals surface area contributed by atoms with Gasteiger partial charge in [0.15, 0.2) is 0 Å². The number of carbonyl (C=O) groups excluding carboxylic acids is 1. The zero-order chi connectivity index (χ0) is 16.6. The molecule has 1 aromatic heterocycles. The molecule has 1 unspecified atom stereocenters. The number of rotatable bonds is 4. The van der Waals surface area contributed by atoms with E-state index in [-0.39, 0.29) is 11.7 Å². The zero-order valence-corrected chi connectivity index (χ0v) is 13.7. The van der Waals surface area contributed by atoms with Crippen LogP contribution in [0.5, 0.6) is 0 Å². The Morgan fingerprint density at radius 2 is 2.09 bits per heavy atom. The molecule has 0 spiro atoms. The number of carbonyl (C=O) groups is 2. The Kier molecular flexibility index (Phi) is 4.12. The third-order valence-electron chi connectivity index (χ3n) is 3.81. The first-order chi connectivity index (χ1) is 11.0. The van der Waals surface area contributed by atoms with Crippen LogP contribution in [0.2, 0.25) is 0 Å². The highest BCUT2D eigenvalue weighted by atomic mass is 32.2. The van der Waals surface area contributed by atoms with Gasteiger partial charge in [-0.25, -0.2) is 9.48 Å². The minimum absolute atomic E-state index is 0.195. The lowest BCUT2D eigenvalue weighted by Crippen LogP contribution is -2.46. The number of nitrogens with zero attached hydrogens (tertiary/aromatic N) is 3. The number of carboxylic acids is 1. The number of fused-ring (bicyclic) bond motifs is 1. The predicted molar refractivity (Wildman–Crippen MR) is 88.2 cm³/mol. The van der Waals surface area contributed by atoms with Gasteiger partial charge in [-0.3, -0.25) is 9.69 Å². The van der Waals surface area contributed by atoms with Crippen LogP contribution >= 0.6 is 11.8 Å². The number of hydrogen-bond acceptors (Lipinski definition) is 4. The number of thioether (sulfide) groups is 1. The Morgan fingerprint density at radius 3 is 2.70 bits per heavy atom. The van der Waals surface area contributed by atoms with Crippen LogP contribution in [0.25, 0.3) is 5.69 Å². The van der Waals surface area contributed by atoms with E-state index in [1.807, 2.05) is 37.3 Å². The number of carboxylic acid groups (broad SMARTS) is 1. The number of aliphatic carboxylic acids is 1. The van der Waals surface area contributed by atoms with E-state index in [9.17, 15) is 14.7 Å². The SMILES string of the molecule is CCc1nn(-c2ccccc2)c2c1N(C(C)C(=O)O)C(=O)CS2. The van der Waals surface area contributed by atoms with Gasteiger partial charge in [-0.05, 0) is 25.5 Å². The fourth-order valence-electron chi connectivity index (χ4n) is 2.64. The lowest BCUT2D eigenvalue weighted by atomic mass is 10.2. The summed E-state index contributed by atoms with van der Waals surface area (Å²) in [7, 11) is 0. The minimum atomic E-state index is -1.02. The van der Waals surface area contributed by atoms with E-state index in [0.29, 0.717) is 12.1 Å². The summed E-state index contributed by atoms with van der Waals surface area (Å²) < 4.78 is 1.80. The lowest BCUT2D eigenvalue weighted by molar-refractivity contribution is -0.139. The molecule has 2 heterocycles. The van der Waals surface area contributed by atoms with Gasteiger partial charge in [0.25, 0.3) is 0 Å². The highest BCUT2D eigenvalue weighted by Crippen LogP contribution is 2.40. The van der Waals surface area contributed by atoms with E-state index in [2.05, 4.69) is 5.10 Å². The van der Waals surface area contributed by atoms with Gasteiger partial charge in [-0.15, -0.1) is 0 Å². The Bertz CT molecular complexity index is 757. The molecule has 1 amide bonds. The molecular formula is C16H17N3O3S. The summed E-state index contributed by atoms with van der Waals surface area (Å²) in [6, 6.07) is 8.73. The van der Waals surface area contributed by atoms with Gasteiger partial charge in [0.1, 0.15) is 16.8 Å². The van der Waals surface area contributed by atoms with Gasteiger partial charge in [-0.2, -0.15) is 5.10 Å². The molecule has 6 nitrogen and oxygen atoms in total. The van der Waals surface area contributed by atoms with Gasteiger partial charge in [0.2, 0.25) is 5.91 Å². The second-order valence-electron chi connectivity index (χ2n) is 5.27. The smallest absolute Gasteiger partial charge is 0.326 e. The summed E-state index contributed by atoms with van der Waals surface area (Å²) in [5.41, 5.74) is 2.26. The summed E-state index contributed by atoms with van der Waals surface area (Å²) in [6.45, 7) is 3.48. The molecule has 1 atom stereocenters. The molecule has 7 heteroatoms. The average molecular weight is 331 g/mol. The summed E-state index contributed by atoms with van der Waals surface area (Å²) in [4.78, 5) is 25.1. The fourth-order valence-corrected chi connectivity index (χ4v) is 3.66. The van der Waals surface area contributed by atoms with Crippen molar-refractivity contribution in [1.82, 2.24) is 9.78 Å². The van der Waals surface area contributed by atoms with E-state index >= 15 is 0 Å². The number of aryl methyl sites for hydroxylation is 1. The van der Waals surface area contributed by atoms with Crippen molar-refractivity contribution in [1.29, 1.82) is 0 Å². The van der Waals surface area contributed by atoms with Crippen LogP contribution in [-0.4, -0.2) is 38.6 Å². The molecule has 120 valence electrons. The Balaban J connectivity index is 2.18. The van der Waals surface area contributed by atoms with E-state index < -0.39 is 12.0 Å². The molecule has 1 N–H and O–H groups in total. The Labute approximate surface area is 138 Å². The van der Waals surface area contributed by atoms with E-state index in [4.69, 9.17) is 0 Å². The van der Waals surface area contributed by atoms with Crippen molar-refractivity contribution in [3.05, 3.63) is 36.0 Å². The maximum Gasteiger partial charge on any atom is 0.326 e. The third-order valence-corrected chi connectivity index (χ3v) is 4.84. The number of para-hydroxylation sites is 1. The van der Waals surface area contributed by atoms with Crippen molar-refractivity contribution < 1.29 is 14.7 Å². The second-order valence-corrected chi connectivity index (χ2v) is 6.23. The van der Waals surface area contributed by atoms with Crippen molar-refractivity contribution >= 4 is 29.3 Å². The first kappa shape index (κ1) is 15.6. The van der Waals surface area contributed by atoms with Crippen molar-refractivity contribution in [2.45, 2.75) is 31.3 Å². The first-order valence-corrected chi connectivity index (χ1v) is 8.38. The van der Waals surface area contributed by atoms with Crippen molar-refractivity contribution in [2.24, 2.45) is 0 Å². The zero-order valence-electron chi connectivity index (χ0n) is 12.9. The molecule has 23 heavy (non-hydrogen) atoms. The van der Waals surface area contributed by atoms with Crippen LogP contribution in [0.3, 0.4) is 0 Å². The van der Waals surface area contributed by atoms with Crippen molar-refractivity contribution in [3.8, 4) is 5.69 Å². The molecular weight excluding hydrogens is 314 g/mol. The van der Waals surface area contributed by atoms with E-state index in [1.165, 1.54) is 23.6 Å². The third kappa shape index (κ3) is 2.61. The van der Waals surface area contributed by atoms with Crippen molar-refractivity contribution in [2.75, 3.05) is 10.7 Å². The second kappa shape index (κ2) is 6.08. The largest absolute Gasteiger partial charge is 0.480 e. The molecule has 1 aromatic carbocycles. The van der Waals surface area contributed by atoms with Gasteiger partial charge in [0, 0.05) is 0 Å². The summed E-state index contributed by atoms with van der Waals surface area (Å²) in [5.74, 6) is -1.00. The lowest BCUT2D eigenvalue weighted by Gasteiger charge is -2.30. The van der Waals surface area contributed by atoms with Gasteiger partial charge < -0.3 is 5.11 Å². The summed E-state index contributed by atoms with van der Waals surface area (Å²) >= 11 is 1.40. The number of amides is 1. The van der Waals surface area contributed by atoms with Crippen molar-refractivity contribution in [3.63, 3.8) is 0 Å². The topological polar surface area (TPSA) is 75.4 Å². The van der Waals surface area contributed by atoms with E-state index in [0.717, 1.165) is 16.4 Å². The van der Waals surface area contributed by atoms with E-state index in [1.54, 1.807) is 4.68 Å². The standard InChI is InChI=1S/C16H17N3O3S/c1-3-12-14-15(19(17-12)11-7-5-4-6-8-11)23-9-13(20)18(14)10(2)16(21)22/h4-8,10H,3,9H2,1-2H3,(H,21,22). The summed E-state index contributed by atoms with van der Waals surface area (Å²) in [5, 5.41) is 14.8. The fraction of sp³-hybridized carbons (Fsp3) is 0.312. The number of anilines is 1.